The Bertz CT molecular complexity index is 1040. The van der Waals surface area contributed by atoms with Gasteiger partial charge in [-0.2, -0.15) is 8.42 Å². The molecular formula is C18H17NO7S. The molecule has 0 saturated carbocycles. The highest BCUT2D eigenvalue weighted by Gasteiger charge is 2.36. The molecule has 1 atom stereocenters. The van der Waals surface area contributed by atoms with Crippen molar-refractivity contribution in [3.63, 3.8) is 0 Å². The van der Waals surface area contributed by atoms with Crippen molar-refractivity contribution in [2.45, 2.75) is 17.9 Å². The first-order chi connectivity index (χ1) is 12.6. The minimum atomic E-state index is -4.77. The average Bonchev–Trinajstić information content (AvgIpc) is 2.59. The number of benzene rings is 2. The van der Waals surface area contributed by atoms with Crippen LogP contribution in [-0.4, -0.2) is 41.1 Å². The third-order valence-electron chi connectivity index (χ3n) is 4.41. The Labute approximate surface area is 155 Å². The number of aliphatic hydroxyl groups is 1. The third kappa shape index (κ3) is 3.34. The summed E-state index contributed by atoms with van der Waals surface area (Å²) in [5, 5.41) is 19.8. The molecule has 1 unspecified atom stereocenters. The van der Waals surface area contributed by atoms with Crippen molar-refractivity contribution in [1.82, 2.24) is 4.90 Å². The molecule has 0 fully saturated rings. The number of fused-ring (bicyclic) bond motifs is 1. The number of hydrogen-bond donors (Lipinski definition) is 3. The smallest absolute Gasteiger partial charge is 0.356 e. The second kappa shape index (κ2) is 6.60. The Hall–Kier alpha value is -3.04. The molecule has 0 radical (unpaired) electrons. The summed E-state index contributed by atoms with van der Waals surface area (Å²) in [6.07, 6.45) is 0. The maximum atomic E-state index is 11.9. The molecule has 1 heterocycles. The Morgan fingerprint density at radius 2 is 1.78 bits per heavy atom. The predicted octanol–water partition coefficient (Wildman–Crippen LogP) is 3.04. The van der Waals surface area contributed by atoms with E-state index in [1.165, 1.54) is 18.0 Å². The van der Waals surface area contributed by atoms with Crippen molar-refractivity contribution in [2.24, 2.45) is 0 Å². The number of carboxylic acid groups (broad SMARTS) is 1. The molecule has 0 bridgehead atoms. The molecule has 2 aromatic rings. The number of aliphatic carboxylic acids is 1. The lowest BCUT2D eigenvalue weighted by Gasteiger charge is -2.34. The van der Waals surface area contributed by atoms with Gasteiger partial charge < -0.3 is 19.8 Å². The summed E-state index contributed by atoms with van der Waals surface area (Å²) in [6, 6.07) is 10.6. The van der Waals surface area contributed by atoms with Crippen molar-refractivity contribution in [3.8, 4) is 11.5 Å². The van der Waals surface area contributed by atoms with Gasteiger partial charge in [-0.25, -0.2) is 4.79 Å². The van der Waals surface area contributed by atoms with Crippen LogP contribution in [0.3, 0.4) is 0 Å². The minimum absolute atomic E-state index is 0.124. The molecule has 0 aromatic heterocycles. The summed E-state index contributed by atoms with van der Waals surface area (Å²) in [5.41, 5.74) is -0.404. The van der Waals surface area contributed by atoms with Crippen LogP contribution in [0.4, 0.5) is 0 Å². The van der Waals surface area contributed by atoms with Gasteiger partial charge in [-0.3, -0.25) is 4.55 Å². The maximum absolute atomic E-state index is 11.9. The van der Waals surface area contributed by atoms with Gasteiger partial charge in [0.05, 0.1) is 6.04 Å². The van der Waals surface area contributed by atoms with E-state index in [0.29, 0.717) is 11.3 Å². The zero-order chi connectivity index (χ0) is 19.9. The third-order valence-corrected chi connectivity index (χ3v) is 5.29. The topological polar surface area (TPSA) is 124 Å². The molecule has 0 saturated heterocycles. The van der Waals surface area contributed by atoms with Crippen LogP contribution in [0.5, 0.6) is 11.5 Å². The summed E-state index contributed by atoms with van der Waals surface area (Å²) in [7, 11) is -3.30. The Morgan fingerprint density at radius 3 is 2.33 bits per heavy atom. The molecular weight excluding hydrogens is 374 g/mol. The van der Waals surface area contributed by atoms with E-state index in [-0.39, 0.29) is 11.3 Å². The molecule has 0 spiro atoms. The van der Waals surface area contributed by atoms with Crippen molar-refractivity contribution < 1.29 is 32.7 Å². The molecule has 3 N–H and O–H groups in total. The van der Waals surface area contributed by atoms with Gasteiger partial charge in [-0.05, 0) is 30.7 Å². The Balaban J connectivity index is 2.28. The van der Waals surface area contributed by atoms with Crippen LogP contribution in [0.2, 0.25) is 0 Å². The van der Waals surface area contributed by atoms with Gasteiger partial charge in [0.25, 0.3) is 10.1 Å². The van der Waals surface area contributed by atoms with E-state index in [4.69, 9.17) is 4.74 Å². The van der Waals surface area contributed by atoms with Crippen LogP contribution in [0.1, 0.15) is 24.1 Å². The van der Waals surface area contributed by atoms with Crippen molar-refractivity contribution in [2.75, 3.05) is 7.05 Å². The number of ether oxygens (including phenoxy) is 1. The first-order valence-electron chi connectivity index (χ1n) is 7.89. The number of para-hydroxylation sites is 1. The van der Waals surface area contributed by atoms with Crippen LogP contribution < -0.4 is 4.74 Å². The predicted molar refractivity (Wildman–Crippen MR) is 96.1 cm³/mol. The van der Waals surface area contributed by atoms with Gasteiger partial charge in [0.1, 0.15) is 16.4 Å². The van der Waals surface area contributed by atoms with Crippen LogP contribution in [-0.2, 0) is 14.9 Å². The number of hydrogen-bond acceptors (Lipinski definition) is 6. The normalized spacial score (nSPS) is 16.9. The quantitative estimate of drug-likeness (QED) is 0.679. The molecule has 142 valence electrons. The number of carbonyl (C=O) groups is 1. The van der Waals surface area contributed by atoms with E-state index in [1.807, 2.05) is 0 Å². The molecule has 0 amide bonds. The first kappa shape index (κ1) is 18.7. The number of likely N-dealkylation sites (N-methyl/N-ethyl adjacent to an activating group) is 1. The summed E-state index contributed by atoms with van der Waals surface area (Å²) < 4.78 is 39.2. The summed E-state index contributed by atoms with van der Waals surface area (Å²) >= 11 is 0. The highest BCUT2D eigenvalue weighted by molar-refractivity contribution is 7.86. The molecule has 1 aliphatic heterocycles. The van der Waals surface area contributed by atoms with Crippen LogP contribution in [0.15, 0.2) is 53.1 Å². The summed E-state index contributed by atoms with van der Waals surface area (Å²) in [5.74, 6) is -1.59. The van der Waals surface area contributed by atoms with Crippen LogP contribution >= 0.6 is 0 Å². The fourth-order valence-electron chi connectivity index (χ4n) is 3.02. The summed E-state index contributed by atoms with van der Waals surface area (Å²) in [6.45, 7) is 1.65. The van der Waals surface area contributed by atoms with E-state index < -0.39 is 38.5 Å². The van der Waals surface area contributed by atoms with E-state index in [2.05, 4.69) is 0 Å². The van der Waals surface area contributed by atoms with Crippen LogP contribution in [0, 0.1) is 0 Å². The minimum Gasteiger partial charge on any atom is -0.505 e. The molecule has 3 rings (SSSR count). The standard InChI is InChI=1S/C18H17NO7S/c1-10-13-8-12(26-11-6-4-3-5-7-11)9-14(27(23,24)25)15(13)17(20)16(18(21)22)19(10)2/h3-10,20H,1-2H3,(H,21,22)(H,23,24,25). The van der Waals surface area contributed by atoms with Gasteiger partial charge >= 0.3 is 5.97 Å². The van der Waals surface area contributed by atoms with E-state index in [9.17, 15) is 28.0 Å². The Kier molecular flexibility index (Phi) is 4.58. The van der Waals surface area contributed by atoms with Gasteiger partial charge in [0.15, 0.2) is 11.5 Å². The van der Waals surface area contributed by atoms with Gasteiger partial charge in [0, 0.05) is 18.7 Å². The van der Waals surface area contributed by atoms with Crippen molar-refractivity contribution >= 4 is 21.8 Å². The summed E-state index contributed by atoms with van der Waals surface area (Å²) in [4.78, 5) is 12.2. The largest absolute Gasteiger partial charge is 0.505 e. The fraction of sp³-hybridized carbons (Fsp3) is 0.167. The van der Waals surface area contributed by atoms with Crippen molar-refractivity contribution in [3.05, 3.63) is 59.3 Å². The number of rotatable bonds is 4. The van der Waals surface area contributed by atoms with E-state index >= 15 is 0 Å². The van der Waals surface area contributed by atoms with Crippen molar-refractivity contribution in [1.29, 1.82) is 0 Å². The molecule has 27 heavy (non-hydrogen) atoms. The Morgan fingerprint density at radius 1 is 1.15 bits per heavy atom. The zero-order valence-corrected chi connectivity index (χ0v) is 15.3. The van der Waals surface area contributed by atoms with E-state index in [1.54, 1.807) is 37.3 Å². The number of aliphatic hydroxyl groups excluding tert-OH is 1. The zero-order valence-electron chi connectivity index (χ0n) is 14.4. The highest BCUT2D eigenvalue weighted by atomic mass is 32.2. The average molecular weight is 391 g/mol. The lowest BCUT2D eigenvalue weighted by Crippen LogP contribution is -2.32. The maximum Gasteiger partial charge on any atom is 0.356 e. The molecule has 0 aliphatic carbocycles. The SMILES string of the molecule is CC1c2cc(Oc3ccccc3)cc(S(=O)(=O)O)c2C(O)=C(C(=O)O)N1C. The number of nitrogens with zero attached hydrogens (tertiary/aromatic N) is 1. The van der Waals surface area contributed by atoms with E-state index in [0.717, 1.165) is 6.07 Å². The van der Waals surface area contributed by atoms with Gasteiger partial charge in [0.2, 0.25) is 0 Å². The second-order valence-electron chi connectivity index (χ2n) is 6.07. The monoisotopic (exact) mass is 391 g/mol. The molecule has 9 heteroatoms. The molecule has 1 aliphatic rings. The molecule has 8 nitrogen and oxygen atoms in total. The molecule has 2 aromatic carbocycles. The van der Waals surface area contributed by atoms with Crippen LogP contribution in [0.25, 0.3) is 5.76 Å². The lowest BCUT2D eigenvalue weighted by molar-refractivity contribution is -0.134. The second-order valence-corrected chi connectivity index (χ2v) is 7.46. The highest BCUT2D eigenvalue weighted by Crippen LogP contribution is 2.42. The number of carboxylic acids is 1. The van der Waals surface area contributed by atoms with Gasteiger partial charge in [-0.1, -0.05) is 18.2 Å². The van der Waals surface area contributed by atoms with Gasteiger partial charge in [-0.15, -0.1) is 0 Å². The fourth-order valence-corrected chi connectivity index (χ4v) is 3.76. The lowest BCUT2D eigenvalue weighted by atomic mass is 9.93. The first-order valence-corrected chi connectivity index (χ1v) is 9.33.